The Morgan fingerprint density at radius 1 is 1.53 bits per heavy atom. The van der Waals surface area contributed by atoms with Crippen molar-refractivity contribution in [3.05, 3.63) is 35.1 Å². The molecule has 0 N–H and O–H groups in total. The third-order valence-electron chi connectivity index (χ3n) is 1.89. The van der Waals surface area contributed by atoms with Crippen molar-refractivity contribution in [1.82, 2.24) is 0 Å². The van der Waals surface area contributed by atoms with E-state index in [1.807, 2.05) is 6.07 Å². The molecule has 4 heteroatoms. The van der Waals surface area contributed by atoms with E-state index in [-0.39, 0.29) is 5.56 Å². The molecule has 1 aromatic rings. The van der Waals surface area contributed by atoms with E-state index in [9.17, 15) is 4.39 Å². The van der Waals surface area contributed by atoms with Crippen molar-refractivity contribution >= 4 is 11.8 Å². The minimum atomic E-state index is -0.398. The van der Waals surface area contributed by atoms with Gasteiger partial charge in [0.25, 0.3) is 0 Å². The van der Waals surface area contributed by atoms with Crippen LogP contribution in [0.1, 0.15) is 11.1 Å². The Kier molecular flexibility index (Phi) is 5.16. The molecule has 0 radical (unpaired) electrons. The Morgan fingerprint density at radius 2 is 2.33 bits per heavy atom. The second-order valence-corrected chi connectivity index (χ2v) is 4.04. The minimum Gasteiger partial charge on any atom is -0.384 e. The summed E-state index contributed by atoms with van der Waals surface area (Å²) in [7, 11) is 1.64. The van der Waals surface area contributed by atoms with Crippen molar-refractivity contribution in [3.63, 3.8) is 0 Å². The molecular weight excluding hydrogens is 213 g/mol. The van der Waals surface area contributed by atoms with Gasteiger partial charge in [0.15, 0.2) is 0 Å². The molecule has 0 bridgehead atoms. The Labute approximate surface area is 93.1 Å². The molecule has 0 saturated heterocycles. The number of thioether (sulfide) groups is 1. The van der Waals surface area contributed by atoms with Crippen molar-refractivity contribution < 1.29 is 9.13 Å². The Bertz CT molecular complexity index is 362. The van der Waals surface area contributed by atoms with E-state index in [1.165, 1.54) is 6.07 Å². The van der Waals surface area contributed by atoms with Crippen molar-refractivity contribution in [1.29, 1.82) is 5.26 Å². The molecule has 0 saturated carbocycles. The van der Waals surface area contributed by atoms with Crippen LogP contribution in [-0.2, 0) is 10.5 Å². The van der Waals surface area contributed by atoms with E-state index in [0.717, 1.165) is 5.75 Å². The summed E-state index contributed by atoms with van der Waals surface area (Å²) in [6, 6.07) is 6.72. The van der Waals surface area contributed by atoms with Crippen LogP contribution in [0, 0.1) is 17.1 Å². The van der Waals surface area contributed by atoms with Gasteiger partial charge in [0.1, 0.15) is 11.9 Å². The number of hydrogen-bond acceptors (Lipinski definition) is 3. The summed E-state index contributed by atoms with van der Waals surface area (Å²) in [4.78, 5) is 0. The van der Waals surface area contributed by atoms with Crippen LogP contribution in [0.2, 0.25) is 0 Å². The number of nitriles is 1. The van der Waals surface area contributed by atoms with Crippen LogP contribution in [0.3, 0.4) is 0 Å². The summed E-state index contributed by atoms with van der Waals surface area (Å²) >= 11 is 1.59. The highest BCUT2D eigenvalue weighted by molar-refractivity contribution is 7.98. The highest BCUT2D eigenvalue weighted by Crippen LogP contribution is 2.18. The van der Waals surface area contributed by atoms with E-state index in [2.05, 4.69) is 0 Å². The fourth-order valence-corrected chi connectivity index (χ4v) is 1.97. The number of benzene rings is 1. The first kappa shape index (κ1) is 12.0. The number of halogens is 1. The second kappa shape index (κ2) is 6.44. The van der Waals surface area contributed by atoms with Crippen molar-refractivity contribution in [2.24, 2.45) is 0 Å². The maximum absolute atomic E-state index is 13.5. The molecule has 0 fully saturated rings. The molecule has 0 amide bonds. The largest absolute Gasteiger partial charge is 0.384 e. The fraction of sp³-hybridized carbons (Fsp3) is 0.364. The van der Waals surface area contributed by atoms with E-state index in [1.54, 1.807) is 31.0 Å². The van der Waals surface area contributed by atoms with Gasteiger partial charge in [0, 0.05) is 18.6 Å². The van der Waals surface area contributed by atoms with E-state index in [4.69, 9.17) is 10.00 Å². The van der Waals surface area contributed by atoms with Crippen LogP contribution in [0.5, 0.6) is 0 Å². The third-order valence-corrected chi connectivity index (χ3v) is 2.86. The van der Waals surface area contributed by atoms with E-state index < -0.39 is 5.82 Å². The van der Waals surface area contributed by atoms with Gasteiger partial charge in [-0.15, -0.1) is 0 Å². The molecule has 2 nitrogen and oxygen atoms in total. The van der Waals surface area contributed by atoms with Gasteiger partial charge >= 0.3 is 0 Å². The molecule has 1 rings (SSSR count). The molecule has 0 spiro atoms. The monoisotopic (exact) mass is 225 g/mol. The van der Waals surface area contributed by atoms with Gasteiger partial charge in [-0.25, -0.2) is 4.39 Å². The summed E-state index contributed by atoms with van der Waals surface area (Å²) in [5.41, 5.74) is 0.690. The molecule has 0 aliphatic rings. The zero-order valence-corrected chi connectivity index (χ0v) is 9.31. The second-order valence-electron chi connectivity index (χ2n) is 2.94. The summed E-state index contributed by atoms with van der Waals surface area (Å²) in [6.07, 6.45) is 0. The standard InChI is InChI=1S/C11H12FNOS/c1-14-5-6-15-8-10-4-2-3-9(7-13)11(10)12/h2-4H,5-6,8H2,1H3. The summed E-state index contributed by atoms with van der Waals surface area (Å²) < 4.78 is 18.4. The highest BCUT2D eigenvalue weighted by atomic mass is 32.2. The summed E-state index contributed by atoms with van der Waals surface area (Å²) in [6.45, 7) is 0.657. The lowest BCUT2D eigenvalue weighted by Crippen LogP contribution is -1.95. The zero-order valence-electron chi connectivity index (χ0n) is 8.50. The lowest BCUT2D eigenvalue weighted by Gasteiger charge is -2.03. The van der Waals surface area contributed by atoms with E-state index >= 15 is 0 Å². The van der Waals surface area contributed by atoms with Crippen molar-refractivity contribution in [2.75, 3.05) is 19.5 Å². The fourth-order valence-electron chi connectivity index (χ4n) is 1.10. The Balaban J connectivity index is 2.58. The van der Waals surface area contributed by atoms with Crippen LogP contribution in [0.15, 0.2) is 18.2 Å². The number of methoxy groups -OCH3 is 1. The lowest BCUT2D eigenvalue weighted by atomic mass is 10.1. The summed E-state index contributed by atoms with van der Waals surface area (Å²) in [5, 5.41) is 8.64. The molecule has 0 atom stereocenters. The van der Waals surface area contributed by atoms with Crippen LogP contribution in [-0.4, -0.2) is 19.5 Å². The number of rotatable bonds is 5. The average Bonchev–Trinajstić information content (AvgIpc) is 2.26. The van der Waals surface area contributed by atoms with Crippen molar-refractivity contribution in [2.45, 2.75) is 5.75 Å². The zero-order chi connectivity index (χ0) is 11.1. The number of ether oxygens (including phenoxy) is 1. The smallest absolute Gasteiger partial charge is 0.144 e. The van der Waals surface area contributed by atoms with Crippen LogP contribution >= 0.6 is 11.8 Å². The topological polar surface area (TPSA) is 33.0 Å². The molecular formula is C11H12FNOS. The van der Waals surface area contributed by atoms with Gasteiger partial charge in [-0.05, 0) is 11.6 Å². The maximum Gasteiger partial charge on any atom is 0.144 e. The van der Waals surface area contributed by atoms with Crippen LogP contribution in [0.4, 0.5) is 4.39 Å². The third kappa shape index (κ3) is 3.54. The normalized spacial score (nSPS) is 9.93. The number of nitrogens with zero attached hydrogens (tertiary/aromatic N) is 1. The maximum atomic E-state index is 13.5. The molecule has 0 unspecified atom stereocenters. The highest BCUT2D eigenvalue weighted by Gasteiger charge is 2.06. The van der Waals surface area contributed by atoms with Gasteiger partial charge in [0.05, 0.1) is 12.2 Å². The molecule has 80 valence electrons. The number of hydrogen-bond donors (Lipinski definition) is 0. The Hall–Kier alpha value is -1.05. The molecule has 1 aromatic carbocycles. The molecule has 0 aliphatic carbocycles. The lowest BCUT2D eigenvalue weighted by molar-refractivity contribution is 0.218. The first-order valence-corrected chi connectivity index (χ1v) is 5.69. The quantitative estimate of drug-likeness (QED) is 0.722. The minimum absolute atomic E-state index is 0.111. The predicted octanol–water partition coefficient (Wildman–Crippen LogP) is 2.58. The molecule has 15 heavy (non-hydrogen) atoms. The Morgan fingerprint density at radius 3 is 3.00 bits per heavy atom. The molecule has 0 aromatic heterocycles. The summed E-state index contributed by atoms with van der Waals surface area (Å²) in [5.74, 6) is 1.00. The average molecular weight is 225 g/mol. The van der Waals surface area contributed by atoms with Gasteiger partial charge in [-0.3, -0.25) is 0 Å². The predicted molar refractivity (Wildman–Crippen MR) is 59.2 cm³/mol. The van der Waals surface area contributed by atoms with Gasteiger partial charge in [0.2, 0.25) is 0 Å². The first-order chi connectivity index (χ1) is 7.29. The SMILES string of the molecule is COCCSCc1cccc(C#N)c1F. The van der Waals surface area contributed by atoms with Crippen LogP contribution < -0.4 is 0 Å². The first-order valence-electron chi connectivity index (χ1n) is 4.53. The van der Waals surface area contributed by atoms with Crippen LogP contribution in [0.25, 0.3) is 0 Å². The molecule has 0 heterocycles. The van der Waals surface area contributed by atoms with Gasteiger partial charge in [-0.2, -0.15) is 17.0 Å². The van der Waals surface area contributed by atoms with Gasteiger partial charge in [-0.1, -0.05) is 12.1 Å². The van der Waals surface area contributed by atoms with Crippen molar-refractivity contribution in [3.8, 4) is 6.07 Å². The van der Waals surface area contributed by atoms with E-state index in [0.29, 0.717) is 17.9 Å². The molecule has 0 aliphatic heterocycles. The van der Waals surface area contributed by atoms with Gasteiger partial charge < -0.3 is 4.74 Å².